The molecule has 1 heterocycles. The zero-order chi connectivity index (χ0) is 25.3. The van der Waals surface area contributed by atoms with Gasteiger partial charge < -0.3 is 9.47 Å². The lowest BCUT2D eigenvalue weighted by atomic mass is 9.81. The fourth-order valence-corrected chi connectivity index (χ4v) is 6.74. The molecule has 0 unspecified atom stereocenters. The van der Waals surface area contributed by atoms with E-state index in [9.17, 15) is 18.4 Å². The Morgan fingerprint density at radius 3 is 2.28 bits per heavy atom. The van der Waals surface area contributed by atoms with Gasteiger partial charge >= 0.3 is 0 Å². The number of carbonyl (C=O) groups excluding carboxylic acids is 1. The number of pyridine rings is 1. The fourth-order valence-electron chi connectivity index (χ4n) is 4.65. The number of hydrogen-bond acceptors (Lipinski definition) is 8. The Bertz CT molecular complexity index is 1050. The molecule has 0 radical (unpaired) electrons. The molecule has 1 aliphatic carbocycles. The normalized spacial score (nSPS) is 19.5. The number of nitrogens with one attached hydrogen (secondary N) is 2. The molecule has 36 heavy (non-hydrogen) atoms. The highest BCUT2D eigenvalue weighted by atomic mass is 35.5. The third-order valence-corrected chi connectivity index (χ3v) is 8.82. The predicted molar refractivity (Wildman–Crippen MR) is 138 cm³/mol. The number of rotatable bonds is 12. The van der Waals surface area contributed by atoms with Crippen LogP contribution in [0.4, 0.5) is 0 Å². The molecule has 1 aromatic heterocycles. The van der Waals surface area contributed by atoms with Crippen LogP contribution in [-0.4, -0.2) is 48.7 Å². The minimum absolute atomic E-state index is 0. The molecule has 9 nitrogen and oxygen atoms in total. The SMILES string of the molecule is CCCO[C@H]1CC[C@@H]([C@](NCc2ccncc2)(C(=O)NO)S(=O)(=O)c2ccc(OCC)cc2)CC1.Cl. The van der Waals surface area contributed by atoms with E-state index in [0.29, 0.717) is 44.6 Å². The minimum atomic E-state index is -4.31. The van der Waals surface area contributed by atoms with E-state index >= 15 is 0 Å². The second kappa shape index (κ2) is 13.9. The maximum Gasteiger partial charge on any atom is 0.280 e. The summed E-state index contributed by atoms with van der Waals surface area (Å²) >= 11 is 0. The molecule has 3 N–H and O–H groups in total. The summed E-state index contributed by atoms with van der Waals surface area (Å²) in [7, 11) is -4.31. The van der Waals surface area contributed by atoms with Gasteiger partial charge in [0, 0.05) is 31.5 Å². The summed E-state index contributed by atoms with van der Waals surface area (Å²) in [5.41, 5.74) is 2.40. The van der Waals surface area contributed by atoms with Crippen molar-refractivity contribution in [1.82, 2.24) is 15.8 Å². The summed E-state index contributed by atoms with van der Waals surface area (Å²) < 4.78 is 39.7. The second-order valence-corrected chi connectivity index (χ2v) is 10.8. The maximum absolute atomic E-state index is 14.2. The minimum Gasteiger partial charge on any atom is -0.494 e. The lowest BCUT2D eigenvalue weighted by Gasteiger charge is -2.42. The van der Waals surface area contributed by atoms with Crippen molar-refractivity contribution in [2.45, 2.75) is 68.4 Å². The van der Waals surface area contributed by atoms with Crippen LogP contribution in [0.2, 0.25) is 0 Å². The van der Waals surface area contributed by atoms with Gasteiger partial charge in [-0.25, -0.2) is 13.9 Å². The third-order valence-electron chi connectivity index (χ3n) is 6.42. The number of nitrogens with zero attached hydrogens (tertiary/aromatic N) is 1. The van der Waals surface area contributed by atoms with Crippen LogP contribution >= 0.6 is 12.4 Å². The van der Waals surface area contributed by atoms with Crippen molar-refractivity contribution >= 4 is 28.2 Å². The van der Waals surface area contributed by atoms with Gasteiger partial charge in [-0.05, 0) is 81.0 Å². The van der Waals surface area contributed by atoms with Gasteiger partial charge in [0.25, 0.3) is 5.91 Å². The van der Waals surface area contributed by atoms with Crippen LogP contribution in [0.5, 0.6) is 5.75 Å². The first-order valence-electron chi connectivity index (χ1n) is 12.1. The second-order valence-electron chi connectivity index (χ2n) is 8.64. The summed E-state index contributed by atoms with van der Waals surface area (Å²) in [6.45, 7) is 5.06. The Morgan fingerprint density at radius 1 is 1.08 bits per heavy atom. The van der Waals surface area contributed by atoms with Crippen molar-refractivity contribution < 1.29 is 27.9 Å². The molecule has 3 rings (SSSR count). The van der Waals surface area contributed by atoms with Gasteiger partial charge in [0.15, 0.2) is 0 Å². The van der Waals surface area contributed by atoms with Crippen LogP contribution in [-0.2, 0) is 25.9 Å². The quantitative estimate of drug-likeness (QED) is 0.274. The largest absolute Gasteiger partial charge is 0.494 e. The summed E-state index contributed by atoms with van der Waals surface area (Å²) in [6.07, 6.45) is 6.26. The van der Waals surface area contributed by atoms with E-state index in [1.54, 1.807) is 42.1 Å². The van der Waals surface area contributed by atoms with Crippen molar-refractivity contribution in [1.29, 1.82) is 0 Å². The molecular weight excluding hydrogens is 506 g/mol. The van der Waals surface area contributed by atoms with Crippen molar-refractivity contribution in [2.24, 2.45) is 5.92 Å². The molecule has 1 aromatic carbocycles. The van der Waals surface area contributed by atoms with E-state index in [1.807, 2.05) is 13.8 Å². The first-order valence-corrected chi connectivity index (χ1v) is 13.5. The highest BCUT2D eigenvalue weighted by Crippen LogP contribution is 2.41. The molecule has 200 valence electrons. The number of benzene rings is 1. The molecule has 0 saturated heterocycles. The van der Waals surface area contributed by atoms with Gasteiger partial charge in [0.1, 0.15) is 5.75 Å². The van der Waals surface area contributed by atoms with Gasteiger partial charge in [0.2, 0.25) is 14.7 Å². The van der Waals surface area contributed by atoms with Crippen molar-refractivity contribution in [3.8, 4) is 5.75 Å². The fraction of sp³-hybridized carbons (Fsp3) is 0.520. The third kappa shape index (κ3) is 6.54. The Morgan fingerprint density at radius 2 is 1.72 bits per heavy atom. The van der Waals surface area contributed by atoms with Crippen LogP contribution in [0.1, 0.15) is 51.5 Å². The van der Waals surface area contributed by atoms with Crippen LogP contribution in [0, 0.1) is 5.92 Å². The van der Waals surface area contributed by atoms with Crippen LogP contribution < -0.4 is 15.5 Å². The molecule has 1 amide bonds. The number of ether oxygens (including phenoxy) is 2. The molecule has 1 fully saturated rings. The Balaban J connectivity index is 0.00000456. The topological polar surface area (TPSA) is 127 Å². The summed E-state index contributed by atoms with van der Waals surface area (Å²) in [5, 5.41) is 12.8. The van der Waals surface area contributed by atoms with E-state index in [-0.39, 0.29) is 30.0 Å². The van der Waals surface area contributed by atoms with Crippen molar-refractivity contribution in [3.63, 3.8) is 0 Å². The van der Waals surface area contributed by atoms with E-state index in [2.05, 4.69) is 10.3 Å². The Hall–Kier alpha value is -2.24. The number of hydroxylamine groups is 1. The molecule has 0 aliphatic heterocycles. The lowest BCUT2D eigenvalue weighted by Crippen LogP contribution is -2.66. The highest BCUT2D eigenvalue weighted by Gasteiger charge is 2.57. The molecule has 0 bridgehead atoms. The number of halogens is 1. The van der Waals surface area contributed by atoms with E-state index in [0.717, 1.165) is 12.0 Å². The summed E-state index contributed by atoms with van der Waals surface area (Å²) in [4.78, 5) is 15.2. The molecule has 11 heteroatoms. The van der Waals surface area contributed by atoms with E-state index < -0.39 is 26.5 Å². The smallest absolute Gasteiger partial charge is 0.280 e. The zero-order valence-corrected chi connectivity index (χ0v) is 22.3. The molecule has 1 saturated carbocycles. The molecule has 1 atom stereocenters. The van der Waals surface area contributed by atoms with Crippen LogP contribution in [0.25, 0.3) is 0 Å². The Labute approximate surface area is 219 Å². The van der Waals surface area contributed by atoms with Gasteiger partial charge in [0.05, 0.1) is 17.6 Å². The molecule has 1 aliphatic rings. The molecule has 2 aromatic rings. The zero-order valence-electron chi connectivity index (χ0n) is 20.7. The van der Waals surface area contributed by atoms with Crippen LogP contribution in [0.15, 0.2) is 53.7 Å². The average Bonchev–Trinajstić information content (AvgIpc) is 2.89. The number of amides is 1. The predicted octanol–water partition coefficient (Wildman–Crippen LogP) is 3.65. The van der Waals surface area contributed by atoms with Crippen molar-refractivity contribution in [3.05, 3.63) is 54.4 Å². The van der Waals surface area contributed by atoms with Crippen LogP contribution in [0.3, 0.4) is 0 Å². The Kier molecular flexibility index (Phi) is 11.6. The van der Waals surface area contributed by atoms with Gasteiger partial charge in [-0.15, -0.1) is 12.4 Å². The molecule has 0 spiro atoms. The van der Waals surface area contributed by atoms with E-state index in [4.69, 9.17) is 9.47 Å². The van der Waals surface area contributed by atoms with E-state index in [1.165, 1.54) is 12.1 Å². The van der Waals surface area contributed by atoms with Gasteiger partial charge in [-0.3, -0.25) is 20.3 Å². The van der Waals surface area contributed by atoms with Crippen molar-refractivity contribution in [2.75, 3.05) is 13.2 Å². The average molecular weight is 542 g/mol. The summed E-state index contributed by atoms with van der Waals surface area (Å²) in [5.74, 6) is -1.06. The number of sulfone groups is 1. The highest BCUT2D eigenvalue weighted by molar-refractivity contribution is 7.93. The van der Waals surface area contributed by atoms with Gasteiger partial charge in [-0.1, -0.05) is 6.92 Å². The molecular formula is C25H36ClN3O6S. The first kappa shape index (κ1) is 30.0. The number of carbonyl (C=O) groups is 1. The van der Waals surface area contributed by atoms with Gasteiger partial charge in [-0.2, -0.15) is 0 Å². The lowest BCUT2D eigenvalue weighted by molar-refractivity contribution is -0.135. The number of hydrogen-bond donors (Lipinski definition) is 3. The number of aromatic nitrogens is 1. The standard InChI is InChI=1S/C25H35N3O6S.ClH/c1-3-17-34-22-7-5-20(6-8-22)25(24(29)28-30,27-18-19-13-15-26-16-14-19)35(31,32)23-11-9-21(10-12-23)33-4-2;/h9-16,20,22,27,30H,3-8,17-18H2,1-2H3,(H,28,29);1H/t20-,22+,25-;/m1./s1. The monoisotopic (exact) mass is 541 g/mol. The maximum atomic E-state index is 14.2. The summed E-state index contributed by atoms with van der Waals surface area (Å²) in [6, 6.07) is 9.49. The first-order chi connectivity index (χ1) is 16.9.